The summed E-state index contributed by atoms with van der Waals surface area (Å²) < 4.78 is 5.11. The quantitative estimate of drug-likeness (QED) is 0.775. The van der Waals surface area contributed by atoms with Crippen LogP contribution in [0.4, 0.5) is 5.13 Å². The molecule has 110 valence electrons. The molecule has 1 aromatic heterocycles. The van der Waals surface area contributed by atoms with Crippen LogP contribution >= 0.6 is 11.3 Å². The van der Waals surface area contributed by atoms with Gasteiger partial charge < -0.3 is 9.64 Å². The molecule has 2 saturated heterocycles. The van der Waals surface area contributed by atoms with Crippen LogP contribution in [0, 0.1) is 0 Å². The SMILES string of the molecule is COCc1nc(N2CCC(N3CCCC3)C2)sc1C=O. The molecular weight excluding hydrogens is 274 g/mol. The lowest BCUT2D eigenvalue weighted by atomic mass is 10.2. The highest BCUT2D eigenvalue weighted by Gasteiger charge is 2.30. The maximum atomic E-state index is 11.1. The second-order valence-electron chi connectivity index (χ2n) is 5.49. The first-order chi connectivity index (χ1) is 9.81. The number of carbonyl (C=O) groups excluding carboxylic acids is 1. The van der Waals surface area contributed by atoms with Gasteiger partial charge in [0.25, 0.3) is 0 Å². The Labute approximate surface area is 123 Å². The Kier molecular flexibility index (Phi) is 4.33. The van der Waals surface area contributed by atoms with Crippen LogP contribution in [0.2, 0.25) is 0 Å². The molecule has 3 rings (SSSR count). The molecule has 0 aromatic carbocycles. The molecule has 0 aliphatic carbocycles. The van der Waals surface area contributed by atoms with Crippen molar-refractivity contribution in [2.75, 3.05) is 38.2 Å². The van der Waals surface area contributed by atoms with E-state index in [0.29, 0.717) is 17.5 Å². The Morgan fingerprint density at radius 3 is 2.90 bits per heavy atom. The number of aldehydes is 1. The molecule has 1 unspecified atom stereocenters. The molecule has 1 aromatic rings. The van der Waals surface area contributed by atoms with E-state index >= 15 is 0 Å². The Hall–Kier alpha value is -0.980. The molecule has 0 amide bonds. The molecule has 0 saturated carbocycles. The molecule has 0 spiro atoms. The van der Waals surface area contributed by atoms with Gasteiger partial charge in [0, 0.05) is 26.2 Å². The number of carbonyl (C=O) groups is 1. The number of methoxy groups -OCH3 is 1. The zero-order valence-corrected chi connectivity index (χ0v) is 12.7. The van der Waals surface area contributed by atoms with E-state index in [1.807, 2.05) is 0 Å². The minimum atomic E-state index is 0.411. The van der Waals surface area contributed by atoms with Crippen LogP contribution < -0.4 is 4.90 Å². The van der Waals surface area contributed by atoms with E-state index in [0.717, 1.165) is 30.2 Å². The van der Waals surface area contributed by atoms with Crippen LogP contribution in [0.15, 0.2) is 0 Å². The van der Waals surface area contributed by atoms with E-state index in [2.05, 4.69) is 14.8 Å². The van der Waals surface area contributed by atoms with Gasteiger partial charge in [0.2, 0.25) is 0 Å². The summed E-state index contributed by atoms with van der Waals surface area (Å²) in [5.41, 5.74) is 0.770. The molecule has 0 radical (unpaired) electrons. The standard InChI is InChI=1S/C14H21N3O2S/c1-19-10-12-13(9-18)20-14(15-12)17-7-4-11(8-17)16-5-2-3-6-16/h9,11H,2-8,10H2,1H3. The topological polar surface area (TPSA) is 45.7 Å². The number of rotatable bonds is 5. The molecule has 2 aliphatic heterocycles. The van der Waals surface area contributed by atoms with Crippen molar-refractivity contribution in [2.45, 2.75) is 31.9 Å². The molecule has 2 aliphatic rings. The fourth-order valence-electron chi connectivity index (χ4n) is 3.14. The fourth-order valence-corrected chi connectivity index (χ4v) is 4.06. The highest BCUT2D eigenvalue weighted by molar-refractivity contribution is 7.17. The van der Waals surface area contributed by atoms with Gasteiger partial charge >= 0.3 is 0 Å². The third kappa shape index (κ3) is 2.73. The Bertz CT molecular complexity index is 471. The Morgan fingerprint density at radius 1 is 1.40 bits per heavy atom. The summed E-state index contributed by atoms with van der Waals surface area (Å²) in [6, 6.07) is 0.659. The summed E-state index contributed by atoms with van der Waals surface area (Å²) in [4.78, 5) is 21.3. The summed E-state index contributed by atoms with van der Waals surface area (Å²) >= 11 is 1.49. The second kappa shape index (κ2) is 6.20. The van der Waals surface area contributed by atoms with E-state index in [1.165, 1.54) is 43.7 Å². The third-order valence-corrected chi connectivity index (χ3v) is 5.28. The number of anilines is 1. The summed E-state index contributed by atoms with van der Waals surface area (Å²) in [5.74, 6) is 0. The number of hydrogen-bond donors (Lipinski definition) is 0. The Morgan fingerprint density at radius 2 is 2.20 bits per heavy atom. The molecule has 1 atom stereocenters. The van der Waals surface area contributed by atoms with Crippen molar-refractivity contribution in [1.82, 2.24) is 9.88 Å². The summed E-state index contributed by atoms with van der Waals surface area (Å²) in [6.07, 6.45) is 4.77. The van der Waals surface area contributed by atoms with E-state index in [1.54, 1.807) is 7.11 Å². The zero-order chi connectivity index (χ0) is 13.9. The van der Waals surface area contributed by atoms with Crippen LogP contribution in [-0.2, 0) is 11.3 Å². The van der Waals surface area contributed by atoms with Gasteiger partial charge in [0.15, 0.2) is 11.4 Å². The number of ether oxygens (including phenoxy) is 1. The van der Waals surface area contributed by atoms with Crippen molar-refractivity contribution in [2.24, 2.45) is 0 Å². The maximum Gasteiger partial charge on any atom is 0.186 e. The lowest BCUT2D eigenvalue weighted by molar-refractivity contribution is 0.112. The van der Waals surface area contributed by atoms with Crippen LogP contribution in [-0.4, -0.2) is 55.5 Å². The van der Waals surface area contributed by atoms with E-state index < -0.39 is 0 Å². The Balaban J connectivity index is 1.69. The molecule has 5 nitrogen and oxygen atoms in total. The predicted molar refractivity (Wildman–Crippen MR) is 79.6 cm³/mol. The first-order valence-electron chi connectivity index (χ1n) is 7.24. The van der Waals surface area contributed by atoms with Crippen molar-refractivity contribution in [3.05, 3.63) is 10.6 Å². The van der Waals surface area contributed by atoms with Crippen LogP contribution in [0.25, 0.3) is 0 Å². The number of likely N-dealkylation sites (tertiary alicyclic amines) is 1. The van der Waals surface area contributed by atoms with Crippen molar-refractivity contribution in [3.8, 4) is 0 Å². The molecule has 0 N–H and O–H groups in total. The fraction of sp³-hybridized carbons (Fsp3) is 0.714. The summed E-state index contributed by atoms with van der Waals surface area (Å²) in [7, 11) is 1.63. The maximum absolute atomic E-state index is 11.1. The van der Waals surface area contributed by atoms with Crippen molar-refractivity contribution < 1.29 is 9.53 Å². The van der Waals surface area contributed by atoms with Gasteiger partial charge in [-0.1, -0.05) is 11.3 Å². The predicted octanol–water partition coefficient (Wildman–Crippen LogP) is 1.78. The zero-order valence-electron chi connectivity index (χ0n) is 11.9. The number of aromatic nitrogens is 1. The van der Waals surface area contributed by atoms with Gasteiger partial charge in [-0.05, 0) is 32.4 Å². The lowest BCUT2D eigenvalue weighted by Crippen LogP contribution is -2.35. The largest absolute Gasteiger partial charge is 0.378 e. The van der Waals surface area contributed by atoms with Crippen LogP contribution in [0.5, 0.6) is 0 Å². The van der Waals surface area contributed by atoms with Crippen molar-refractivity contribution >= 4 is 22.8 Å². The van der Waals surface area contributed by atoms with Gasteiger partial charge in [0.05, 0.1) is 17.2 Å². The molecule has 20 heavy (non-hydrogen) atoms. The minimum absolute atomic E-state index is 0.411. The average Bonchev–Trinajstić information content (AvgIpc) is 3.18. The monoisotopic (exact) mass is 295 g/mol. The summed E-state index contributed by atoms with van der Waals surface area (Å²) in [6.45, 7) is 4.97. The normalized spacial score (nSPS) is 23.6. The number of hydrogen-bond acceptors (Lipinski definition) is 6. The molecular formula is C14H21N3O2S. The molecule has 0 bridgehead atoms. The average molecular weight is 295 g/mol. The highest BCUT2D eigenvalue weighted by atomic mass is 32.1. The smallest absolute Gasteiger partial charge is 0.186 e. The van der Waals surface area contributed by atoms with Crippen LogP contribution in [0.1, 0.15) is 34.6 Å². The van der Waals surface area contributed by atoms with E-state index in [9.17, 15) is 4.79 Å². The van der Waals surface area contributed by atoms with Crippen molar-refractivity contribution in [1.29, 1.82) is 0 Å². The number of thiazole rings is 1. The van der Waals surface area contributed by atoms with Gasteiger partial charge in [-0.2, -0.15) is 0 Å². The van der Waals surface area contributed by atoms with Crippen LogP contribution in [0.3, 0.4) is 0 Å². The van der Waals surface area contributed by atoms with Gasteiger partial charge in [-0.15, -0.1) is 0 Å². The van der Waals surface area contributed by atoms with Crippen molar-refractivity contribution in [3.63, 3.8) is 0 Å². The molecule has 3 heterocycles. The molecule has 6 heteroatoms. The first-order valence-corrected chi connectivity index (χ1v) is 8.06. The van der Waals surface area contributed by atoms with E-state index in [-0.39, 0.29) is 0 Å². The second-order valence-corrected chi connectivity index (χ2v) is 6.50. The van der Waals surface area contributed by atoms with Gasteiger partial charge in [-0.3, -0.25) is 9.69 Å². The van der Waals surface area contributed by atoms with E-state index in [4.69, 9.17) is 4.74 Å². The van der Waals surface area contributed by atoms with Gasteiger partial charge in [0.1, 0.15) is 0 Å². The number of nitrogens with zero attached hydrogens (tertiary/aromatic N) is 3. The third-order valence-electron chi connectivity index (χ3n) is 4.20. The minimum Gasteiger partial charge on any atom is -0.378 e. The highest BCUT2D eigenvalue weighted by Crippen LogP contribution is 2.30. The lowest BCUT2D eigenvalue weighted by Gasteiger charge is -2.23. The molecule has 2 fully saturated rings. The van der Waals surface area contributed by atoms with Gasteiger partial charge in [-0.25, -0.2) is 4.98 Å². The first kappa shape index (κ1) is 14.0. The summed E-state index contributed by atoms with van der Waals surface area (Å²) in [5, 5.41) is 0.973.